The highest BCUT2D eigenvalue weighted by atomic mass is 35.5. The van der Waals surface area contributed by atoms with E-state index in [4.69, 9.17) is 16.3 Å². The molecule has 0 radical (unpaired) electrons. The lowest BCUT2D eigenvalue weighted by molar-refractivity contribution is 0.0603. The highest BCUT2D eigenvalue weighted by molar-refractivity contribution is 7.12. The maximum Gasteiger partial charge on any atom is 0.263 e. The molecule has 4 nitrogen and oxygen atoms in total. The number of hydrogen-bond donors (Lipinski definition) is 0. The van der Waals surface area contributed by atoms with Gasteiger partial charge in [0, 0.05) is 42.8 Å². The number of rotatable bonds is 2. The summed E-state index contributed by atoms with van der Waals surface area (Å²) in [7, 11) is 0. The normalized spacial score (nSPS) is 19.2. The third kappa shape index (κ3) is 3.68. The van der Waals surface area contributed by atoms with Gasteiger partial charge in [-0.05, 0) is 42.5 Å². The van der Waals surface area contributed by atoms with Gasteiger partial charge < -0.3 is 9.64 Å². The molecule has 0 spiro atoms. The summed E-state index contributed by atoms with van der Waals surface area (Å²) in [5, 5.41) is 2.71. The minimum Gasteiger partial charge on any atom is -0.492 e. The summed E-state index contributed by atoms with van der Waals surface area (Å²) in [6, 6.07) is 10.2. The Balaban J connectivity index is 1.40. The Bertz CT molecular complexity index is 742. The number of carbonyl (C=O) groups is 1. The number of ether oxygens (including phenoxy) is 1. The van der Waals surface area contributed by atoms with E-state index in [1.165, 1.54) is 11.3 Å². The van der Waals surface area contributed by atoms with Gasteiger partial charge in [-0.25, -0.2) is 0 Å². The number of amides is 1. The van der Waals surface area contributed by atoms with Gasteiger partial charge in [-0.1, -0.05) is 17.7 Å². The van der Waals surface area contributed by atoms with Gasteiger partial charge in [0.15, 0.2) is 0 Å². The number of halogens is 1. The molecule has 1 aromatic carbocycles. The molecule has 2 aliphatic rings. The van der Waals surface area contributed by atoms with Crippen LogP contribution in [-0.2, 0) is 6.54 Å². The highest BCUT2D eigenvalue weighted by Crippen LogP contribution is 2.29. The molecule has 3 heterocycles. The van der Waals surface area contributed by atoms with Crippen LogP contribution in [0.2, 0.25) is 5.02 Å². The minimum atomic E-state index is 0.171. The monoisotopic (exact) mass is 376 g/mol. The topological polar surface area (TPSA) is 32.8 Å². The van der Waals surface area contributed by atoms with Crippen LogP contribution in [0, 0.1) is 0 Å². The van der Waals surface area contributed by atoms with Crippen molar-refractivity contribution in [3.05, 3.63) is 51.2 Å². The summed E-state index contributed by atoms with van der Waals surface area (Å²) in [5.74, 6) is 1.11. The molecule has 2 aromatic rings. The van der Waals surface area contributed by atoms with Crippen LogP contribution < -0.4 is 4.74 Å². The Hall–Kier alpha value is -1.56. The number of benzene rings is 1. The largest absolute Gasteiger partial charge is 0.492 e. The summed E-state index contributed by atoms with van der Waals surface area (Å²) in [5.41, 5.74) is 1.15. The van der Waals surface area contributed by atoms with Crippen molar-refractivity contribution in [1.82, 2.24) is 9.80 Å². The molecular formula is C19H21ClN2O2S. The standard InChI is InChI=1S/C19H21ClN2O2S/c20-15-3-4-17-14(12-15)13-22(9-10-24-17)16-5-7-21(8-6-16)19(23)18-2-1-11-25-18/h1-4,11-12,16H,5-10,13H2. The molecule has 1 amide bonds. The van der Waals surface area contributed by atoms with E-state index < -0.39 is 0 Å². The van der Waals surface area contributed by atoms with Gasteiger partial charge in [0.1, 0.15) is 12.4 Å². The zero-order valence-corrected chi connectivity index (χ0v) is 15.6. The molecule has 0 aliphatic carbocycles. The van der Waals surface area contributed by atoms with Gasteiger partial charge in [0.2, 0.25) is 0 Å². The maximum atomic E-state index is 12.5. The number of nitrogens with zero attached hydrogens (tertiary/aromatic N) is 2. The van der Waals surface area contributed by atoms with Gasteiger partial charge in [0.25, 0.3) is 5.91 Å². The van der Waals surface area contributed by atoms with Crippen molar-refractivity contribution in [1.29, 1.82) is 0 Å². The average Bonchev–Trinajstić information content (AvgIpc) is 3.09. The summed E-state index contributed by atoms with van der Waals surface area (Å²) >= 11 is 7.67. The molecule has 2 aliphatic heterocycles. The first-order chi connectivity index (χ1) is 12.2. The molecule has 6 heteroatoms. The van der Waals surface area contributed by atoms with E-state index in [0.29, 0.717) is 12.6 Å². The lowest BCUT2D eigenvalue weighted by Crippen LogP contribution is -2.47. The van der Waals surface area contributed by atoms with Crippen molar-refractivity contribution in [2.24, 2.45) is 0 Å². The molecule has 0 bridgehead atoms. The second-order valence-corrected chi connectivity index (χ2v) is 7.96. The Morgan fingerprint density at radius 1 is 1.20 bits per heavy atom. The van der Waals surface area contributed by atoms with Gasteiger partial charge in [-0.2, -0.15) is 0 Å². The molecule has 1 saturated heterocycles. The molecule has 0 saturated carbocycles. The van der Waals surface area contributed by atoms with Crippen LogP contribution in [0.3, 0.4) is 0 Å². The Labute approximate surface area is 156 Å². The van der Waals surface area contributed by atoms with E-state index in [0.717, 1.165) is 60.2 Å². The lowest BCUT2D eigenvalue weighted by Gasteiger charge is -2.37. The Morgan fingerprint density at radius 3 is 2.80 bits per heavy atom. The molecular weight excluding hydrogens is 356 g/mol. The summed E-state index contributed by atoms with van der Waals surface area (Å²) in [6.07, 6.45) is 2.01. The first-order valence-corrected chi connectivity index (χ1v) is 9.94. The maximum absolute atomic E-state index is 12.5. The second-order valence-electron chi connectivity index (χ2n) is 6.57. The van der Waals surface area contributed by atoms with E-state index >= 15 is 0 Å². The van der Waals surface area contributed by atoms with Crippen molar-refractivity contribution in [2.75, 3.05) is 26.2 Å². The number of piperidine rings is 1. The van der Waals surface area contributed by atoms with Crippen molar-refractivity contribution in [3.8, 4) is 5.75 Å². The predicted octanol–water partition coefficient (Wildman–Crippen LogP) is 3.90. The molecule has 25 heavy (non-hydrogen) atoms. The Morgan fingerprint density at radius 2 is 2.04 bits per heavy atom. The minimum absolute atomic E-state index is 0.171. The summed E-state index contributed by atoms with van der Waals surface area (Å²) < 4.78 is 5.87. The molecule has 1 aromatic heterocycles. The van der Waals surface area contributed by atoms with E-state index in [2.05, 4.69) is 4.90 Å². The van der Waals surface area contributed by atoms with Crippen LogP contribution in [0.15, 0.2) is 35.7 Å². The van der Waals surface area contributed by atoms with Gasteiger partial charge >= 0.3 is 0 Å². The number of hydrogen-bond acceptors (Lipinski definition) is 4. The summed E-state index contributed by atoms with van der Waals surface area (Å²) in [4.78, 5) is 17.8. The van der Waals surface area contributed by atoms with Gasteiger partial charge in [-0.3, -0.25) is 9.69 Å². The quantitative estimate of drug-likeness (QED) is 0.796. The number of fused-ring (bicyclic) bond motifs is 1. The van der Waals surface area contributed by atoms with Gasteiger partial charge in [0.05, 0.1) is 4.88 Å². The lowest BCUT2D eigenvalue weighted by atomic mass is 10.0. The van der Waals surface area contributed by atoms with Gasteiger partial charge in [-0.15, -0.1) is 11.3 Å². The first-order valence-electron chi connectivity index (χ1n) is 8.69. The Kier molecular flexibility index (Phi) is 4.97. The van der Waals surface area contributed by atoms with Crippen LogP contribution in [0.1, 0.15) is 28.1 Å². The second kappa shape index (κ2) is 7.36. The third-order valence-corrected chi connectivity index (χ3v) is 6.13. The third-order valence-electron chi connectivity index (χ3n) is 5.03. The molecule has 1 fully saturated rings. The SMILES string of the molecule is O=C(c1cccs1)N1CCC(N2CCOc3ccc(Cl)cc3C2)CC1. The van der Waals surface area contributed by atoms with Crippen molar-refractivity contribution < 1.29 is 9.53 Å². The fraction of sp³-hybridized carbons (Fsp3) is 0.421. The molecule has 0 atom stereocenters. The first kappa shape index (κ1) is 16.9. The van der Waals surface area contributed by atoms with Crippen molar-refractivity contribution in [3.63, 3.8) is 0 Å². The van der Waals surface area contributed by atoms with Crippen LogP contribution in [-0.4, -0.2) is 48.0 Å². The zero-order valence-electron chi connectivity index (χ0n) is 14.0. The fourth-order valence-electron chi connectivity index (χ4n) is 3.68. The molecule has 0 N–H and O–H groups in total. The van der Waals surface area contributed by atoms with E-state index in [1.54, 1.807) is 0 Å². The van der Waals surface area contributed by atoms with Crippen LogP contribution in [0.25, 0.3) is 0 Å². The van der Waals surface area contributed by atoms with Crippen LogP contribution in [0.4, 0.5) is 0 Å². The smallest absolute Gasteiger partial charge is 0.263 e. The van der Waals surface area contributed by atoms with E-state index in [1.807, 2.05) is 40.6 Å². The van der Waals surface area contributed by atoms with Crippen LogP contribution >= 0.6 is 22.9 Å². The van der Waals surface area contributed by atoms with Crippen molar-refractivity contribution in [2.45, 2.75) is 25.4 Å². The van der Waals surface area contributed by atoms with E-state index in [-0.39, 0.29) is 5.91 Å². The number of carbonyl (C=O) groups excluding carboxylic acids is 1. The molecule has 4 rings (SSSR count). The zero-order chi connectivity index (χ0) is 17.2. The molecule has 132 valence electrons. The summed E-state index contributed by atoms with van der Waals surface area (Å²) in [6.45, 7) is 4.11. The van der Waals surface area contributed by atoms with Crippen LogP contribution in [0.5, 0.6) is 5.75 Å². The highest BCUT2D eigenvalue weighted by Gasteiger charge is 2.29. The fourth-order valence-corrected chi connectivity index (χ4v) is 4.57. The molecule has 0 unspecified atom stereocenters. The van der Waals surface area contributed by atoms with E-state index in [9.17, 15) is 4.79 Å². The predicted molar refractivity (Wildman–Crippen MR) is 101 cm³/mol. The number of likely N-dealkylation sites (tertiary alicyclic amines) is 1. The number of thiophene rings is 1. The average molecular weight is 377 g/mol. The van der Waals surface area contributed by atoms with Crippen molar-refractivity contribution >= 4 is 28.8 Å².